The molecule has 6 heteroatoms. The second-order valence-corrected chi connectivity index (χ2v) is 9.28. The van der Waals surface area contributed by atoms with E-state index in [1.54, 1.807) is 54.6 Å². The number of hydrogen-bond donors (Lipinski definition) is 1. The maximum atomic E-state index is 13.5. The van der Waals surface area contributed by atoms with Crippen LogP contribution in [0.4, 0.5) is 0 Å². The molecule has 0 saturated carbocycles. The minimum Gasteiger partial charge on any atom is -0.477 e. The highest BCUT2D eigenvalue weighted by Gasteiger charge is 2.23. The van der Waals surface area contributed by atoms with Gasteiger partial charge in [0, 0.05) is 26.5 Å². The largest absolute Gasteiger partial charge is 0.477 e. The van der Waals surface area contributed by atoms with Crippen LogP contribution in [0.5, 0.6) is 0 Å². The maximum Gasteiger partial charge on any atom is 0.353 e. The summed E-state index contributed by atoms with van der Waals surface area (Å²) in [6, 6.07) is 30.3. The van der Waals surface area contributed by atoms with Gasteiger partial charge in [0.1, 0.15) is 5.69 Å². The molecule has 176 valence electrons. The molecule has 0 unspecified atom stereocenters. The summed E-state index contributed by atoms with van der Waals surface area (Å²) in [5.41, 5.74) is 2.53. The standard InChI is InChI=1S/C30H20BrNO4/c31-23-15-16-24-25(17-23)26(20-7-3-1-4-8-20)27(30(35)36)32(29(24)34)18-19-11-13-22(14-12-19)28(33)21-9-5-2-6-10-21/h1-17H,18H2,(H,35,36). The van der Waals surface area contributed by atoms with Gasteiger partial charge in [-0.1, -0.05) is 101 Å². The van der Waals surface area contributed by atoms with Crippen molar-refractivity contribution in [3.05, 3.63) is 140 Å². The van der Waals surface area contributed by atoms with Crippen molar-refractivity contribution < 1.29 is 14.7 Å². The Morgan fingerprint density at radius 2 is 1.36 bits per heavy atom. The summed E-state index contributed by atoms with van der Waals surface area (Å²) in [6.45, 7) is 0.0477. The molecule has 0 radical (unpaired) electrons. The van der Waals surface area contributed by atoms with Crippen LogP contribution in [0.15, 0.2) is 112 Å². The molecule has 5 nitrogen and oxygen atoms in total. The second kappa shape index (κ2) is 9.76. The van der Waals surface area contributed by atoms with Crippen molar-refractivity contribution in [1.29, 1.82) is 0 Å². The Balaban J connectivity index is 1.65. The number of halogens is 1. The number of fused-ring (bicyclic) bond motifs is 1. The predicted molar refractivity (Wildman–Crippen MR) is 144 cm³/mol. The van der Waals surface area contributed by atoms with Gasteiger partial charge in [-0.05, 0) is 34.7 Å². The van der Waals surface area contributed by atoms with Crippen LogP contribution in [0, 0.1) is 0 Å². The zero-order valence-corrected chi connectivity index (χ0v) is 20.6. The smallest absolute Gasteiger partial charge is 0.353 e. The minimum absolute atomic E-state index is 0.0477. The van der Waals surface area contributed by atoms with Crippen LogP contribution in [-0.4, -0.2) is 21.4 Å². The van der Waals surface area contributed by atoms with E-state index in [-0.39, 0.29) is 23.6 Å². The van der Waals surface area contributed by atoms with Gasteiger partial charge < -0.3 is 5.11 Å². The normalized spacial score (nSPS) is 10.9. The van der Waals surface area contributed by atoms with E-state index in [4.69, 9.17) is 0 Å². The average Bonchev–Trinajstić information content (AvgIpc) is 2.90. The molecule has 0 fully saturated rings. The van der Waals surface area contributed by atoms with Crippen molar-refractivity contribution in [2.45, 2.75) is 6.54 Å². The monoisotopic (exact) mass is 537 g/mol. The van der Waals surface area contributed by atoms with Crippen LogP contribution in [0.25, 0.3) is 21.9 Å². The predicted octanol–water partition coefficient (Wildman–Crippen LogP) is 6.41. The van der Waals surface area contributed by atoms with Gasteiger partial charge in [-0.15, -0.1) is 0 Å². The molecule has 0 spiro atoms. The molecule has 4 aromatic carbocycles. The van der Waals surface area contributed by atoms with Crippen LogP contribution in [-0.2, 0) is 6.54 Å². The summed E-state index contributed by atoms with van der Waals surface area (Å²) in [7, 11) is 0. The third-order valence-electron chi connectivity index (χ3n) is 6.09. The molecular weight excluding hydrogens is 518 g/mol. The number of benzene rings is 4. The van der Waals surface area contributed by atoms with Crippen molar-refractivity contribution in [3.8, 4) is 11.1 Å². The van der Waals surface area contributed by atoms with Crippen LogP contribution in [0.2, 0.25) is 0 Å². The zero-order valence-electron chi connectivity index (χ0n) is 19.0. The number of carbonyl (C=O) groups excluding carboxylic acids is 1. The quantitative estimate of drug-likeness (QED) is 0.254. The van der Waals surface area contributed by atoms with Crippen molar-refractivity contribution in [1.82, 2.24) is 4.57 Å². The van der Waals surface area contributed by atoms with Crippen molar-refractivity contribution in [2.24, 2.45) is 0 Å². The Hall–Kier alpha value is -4.29. The van der Waals surface area contributed by atoms with E-state index in [9.17, 15) is 19.5 Å². The lowest BCUT2D eigenvalue weighted by atomic mass is 9.96. The van der Waals surface area contributed by atoms with Gasteiger partial charge in [0.05, 0.1) is 6.54 Å². The minimum atomic E-state index is -1.19. The first-order chi connectivity index (χ1) is 17.4. The van der Waals surface area contributed by atoms with E-state index in [1.807, 2.05) is 48.5 Å². The Morgan fingerprint density at radius 1 is 0.750 bits per heavy atom. The number of rotatable bonds is 6. The highest BCUT2D eigenvalue weighted by Crippen LogP contribution is 2.32. The molecule has 5 aromatic rings. The summed E-state index contributed by atoms with van der Waals surface area (Å²) in [5, 5.41) is 11.3. The fourth-order valence-electron chi connectivity index (χ4n) is 4.39. The summed E-state index contributed by atoms with van der Waals surface area (Å²) < 4.78 is 2.05. The molecule has 0 aliphatic carbocycles. The highest BCUT2D eigenvalue weighted by molar-refractivity contribution is 9.10. The van der Waals surface area contributed by atoms with Gasteiger partial charge in [-0.2, -0.15) is 0 Å². The van der Waals surface area contributed by atoms with E-state index in [1.165, 1.54) is 4.57 Å². The van der Waals surface area contributed by atoms with E-state index in [0.717, 1.165) is 4.47 Å². The lowest BCUT2D eigenvalue weighted by Crippen LogP contribution is -2.28. The third-order valence-corrected chi connectivity index (χ3v) is 6.58. The van der Waals surface area contributed by atoms with Crippen LogP contribution >= 0.6 is 15.9 Å². The number of hydrogen-bond acceptors (Lipinski definition) is 3. The van der Waals surface area contributed by atoms with Gasteiger partial charge in [0.15, 0.2) is 5.78 Å². The molecule has 1 N–H and O–H groups in total. The number of carbonyl (C=O) groups is 2. The molecule has 0 aliphatic rings. The number of nitrogens with zero attached hydrogens (tertiary/aromatic N) is 1. The molecular formula is C30H20BrNO4. The Kier molecular flexibility index (Phi) is 6.36. The Labute approximate surface area is 215 Å². The number of carboxylic acid groups (broad SMARTS) is 1. The Morgan fingerprint density at radius 3 is 2.00 bits per heavy atom. The van der Waals surface area contributed by atoms with Crippen LogP contribution < -0.4 is 5.56 Å². The summed E-state index contributed by atoms with van der Waals surface area (Å²) in [5.74, 6) is -1.29. The number of pyridine rings is 1. The Bertz CT molecular complexity index is 1660. The molecule has 0 amide bonds. The van der Waals surface area contributed by atoms with Crippen molar-refractivity contribution >= 4 is 38.5 Å². The third kappa shape index (κ3) is 4.39. The topological polar surface area (TPSA) is 76.4 Å². The molecule has 0 bridgehead atoms. The van der Waals surface area contributed by atoms with Gasteiger partial charge in [0.25, 0.3) is 5.56 Å². The van der Waals surface area contributed by atoms with E-state index in [2.05, 4.69) is 15.9 Å². The summed E-state index contributed by atoms with van der Waals surface area (Å²) in [6.07, 6.45) is 0. The molecule has 0 aliphatic heterocycles. The summed E-state index contributed by atoms with van der Waals surface area (Å²) in [4.78, 5) is 38.9. The van der Waals surface area contributed by atoms with Crippen LogP contribution in [0.1, 0.15) is 32.0 Å². The zero-order chi connectivity index (χ0) is 25.2. The molecule has 0 saturated heterocycles. The van der Waals surface area contributed by atoms with Gasteiger partial charge in [0.2, 0.25) is 0 Å². The first-order valence-electron chi connectivity index (χ1n) is 11.3. The van der Waals surface area contributed by atoms with E-state index < -0.39 is 5.97 Å². The molecule has 5 rings (SSSR count). The molecule has 1 aromatic heterocycles. The van der Waals surface area contributed by atoms with Crippen molar-refractivity contribution in [3.63, 3.8) is 0 Å². The first kappa shape index (κ1) is 23.5. The van der Waals surface area contributed by atoms with E-state index in [0.29, 0.717) is 38.6 Å². The number of aromatic carboxylic acids is 1. The van der Waals surface area contributed by atoms with Crippen molar-refractivity contribution in [2.75, 3.05) is 0 Å². The lowest BCUT2D eigenvalue weighted by molar-refractivity contribution is 0.0685. The van der Waals surface area contributed by atoms with Crippen LogP contribution in [0.3, 0.4) is 0 Å². The van der Waals surface area contributed by atoms with Gasteiger partial charge in [-0.25, -0.2) is 4.79 Å². The molecule has 0 atom stereocenters. The molecule has 36 heavy (non-hydrogen) atoms. The lowest BCUT2D eigenvalue weighted by Gasteiger charge is -2.18. The molecule has 1 heterocycles. The first-order valence-corrected chi connectivity index (χ1v) is 12.1. The van der Waals surface area contributed by atoms with E-state index >= 15 is 0 Å². The maximum absolute atomic E-state index is 13.5. The summed E-state index contributed by atoms with van der Waals surface area (Å²) >= 11 is 3.45. The SMILES string of the molecule is O=C(c1ccccc1)c1ccc(Cn2c(C(=O)O)c(-c3ccccc3)c3cc(Br)ccc3c2=O)cc1. The number of aromatic nitrogens is 1. The fraction of sp³-hybridized carbons (Fsp3) is 0.0333. The fourth-order valence-corrected chi connectivity index (χ4v) is 4.75. The van der Waals surface area contributed by atoms with Gasteiger partial charge in [-0.3, -0.25) is 14.2 Å². The second-order valence-electron chi connectivity index (χ2n) is 8.37. The number of carboxylic acids is 1. The van der Waals surface area contributed by atoms with Gasteiger partial charge >= 0.3 is 5.97 Å². The highest BCUT2D eigenvalue weighted by atomic mass is 79.9. The average molecular weight is 538 g/mol. The number of ketones is 1.